The van der Waals surface area contributed by atoms with E-state index in [1.165, 1.54) is 23.8 Å². The first-order chi connectivity index (χ1) is 11.9. The highest BCUT2D eigenvalue weighted by Crippen LogP contribution is 2.36. The van der Waals surface area contributed by atoms with Crippen molar-refractivity contribution in [3.63, 3.8) is 0 Å². The van der Waals surface area contributed by atoms with E-state index in [2.05, 4.69) is 15.1 Å². The maximum absolute atomic E-state index is 12.4. The SMILES string of the molecule is COc1cc(C#N)cc(Cl)c1OC(=O)c1nc2nc(C)cc(C)n2n1. The quantitative estimate of drug-likeness (QED) is 0.524. The minimum absolute atomic E-state index is 0.00659. The highest BCUT2D eigenvalue weighted by Gasteiger charge is 2.21. The Morgan fingerprint density at radius 1 is 1.28 bits per heavy atom. The van der Waals surface area contributed by atoms with Gasteiger partial charge in [-0.2, -0.15) is 10.2 Å². The number of carbonyl (C=O) groups excluding carboxylic acids is 1. The van der Waals surface area contributed by atoms with Gasteiger partial charge in [0.05, 0.1) is 23.8 Å². The van der Waals surface area contributed by atoms with Crippen LogP contribution in [-0.2, 0) is 0 Å². The average Bonchev–Trinajstić information content (AvgIpc) is 3.00. The molecule has 0 atom stereocenters. The second-order valence-corrected chi connectivity index (χ2v) is 5.58. The summed E-state index contributed by atoms with van der Waals surface area (Å²) in [4.78, 5) is 20.7. The number of ether oxygens (including phenoxy) is 2. The fourth-order valence-electron chi connectivity index (χ4n) is 2.27. The zero-order valence-electron chi connectivity index (χ0n) is 13.6. The molecule has 3 rings (SSSR count). The Balaban J connectivity index is 1.98. The van der Waals surface area contributed by atoms with Crippen LogP contribution in [0.15, 0.2) is 18.2 Å². The summed E-state index contributed by atoms with van der Waals surface area (Å²) < 4.78 is 11.9. The number of aromatic nitrogens is 4. The predicted molar refractivity (Wildman–Crippen MR) is 87.9 cm³/mol. The lowest BCUT2D eigenvalue weighted by Crippen LogP contribution is -2.12. The Labute approximate surface area is 147 Å². The second-order valence-electron chi connectivity index (χ2n) is 5.18. The third kappa shape index (κ3) is 3.09. The first-order valence-electron chi connectivity index (χ1n) is 7.13. The summed E-state index contributed by atoms with van der Waals surface area (Å²) in [7, 11) is 1.38. The smallest absolute Gasteiger partial charge is 0.383 e. The molecule has 0 aliphatic carbocycles. The van der Waals surface area contributed by atoms with E-state index in [-0.39, 0.29) is 27.9 Å². The Morgan fingerprint density at radius 2 is 2.04 bits per heavy atom. The first-order valence-corrected chi connectivity index (χ1v) is 7.51. The molecule has 3 aromatic rings. The Morgan fingerprint density at radius 3 is 2.72 bits per heavy atom. The third-order valence-electron chi connectivity index (χ3n) is 3.35. The topological polar surface area (TPSA) is 102 Å². The van der Waals surface area contributed by atoms with E-state index < -0.39 is 5.97 Å². The number of hydrogen-bond acceptors (Lipinski definition) is 7. The van der Waals surface area contributed by atoms with E-state index >= 15 is 0 Å². The second kappa shape index (κ2) is 6.37. The lowest BCUT2D eigenvalue weighted by Gasteiger charge is -2.10. The van der Waals surface area contributed by atoms with Crippen LogP contribution in [0.5, 0.6) is 11.5 Å². The molecule has 9 heteroatoms. The fourth-order valence-corrected chi connectivity index (χ4v) is 2.52. The summed E-state index contributed by atoms with van der Waals surface area (Å²) in [6, 6.07) is 6.55. The van der Waals surface area contributed by atoms with Gasteiger partial charge in [-0.3, -0.25) is 0 Å². The van der Waals surface area contributed by atoms with Gasteiger partial charge in [-0.05, 0) is 26.0 Å². The Bertz CT molecular complexity index is 1040. The van der Waals surface area contributed by atoms with E-state index in [0.717, 1.165) is 11.4 Å². The van der Waals surface area contributed by atoms with E-state index in [0.29, 0.717) is 5.78 Å². The van der Waals surface area contributed by atoms with Gasteiger partial charge in [0.15, 0.2) is 11.5 Å². The lowest BCUT2D eigenvalue weighted by atomic mass is 10.2. The molecule has 0 fully saturated rings. The van der Waals surface area contributed by atoms with Crippen molar-refractivity contribution in [2.45, 2.75) is 13.8 Å². The van der Waals surface area contributed by atoms with Crippen LogP contribution in [0.1, 0.15) is 27.6 Å². The van der Waals surface area contributed by atoms with E-state index in [9.17, 15) is 4.79 Å². The Kier molecular flexibility index (Phi) is 4.25. The summed E-state index contributed by atoms with van der Waals surface area (Å²) >= 11 is 6.08. The van der Waals surface area contributed by atoms with Crippen molar-refractivity contribution in [3.05, 3.63) is 46.0 Å². The van der Waals surface area contributed by atoms with Crippen LogP contribution in [0.4, 0.5) is 0 Å². The van der Waals surface area contributed by atoms with Crippen LogP contribution in [0, 0.1) is 25.2 Å². The van der Waals surface area contributed by atoms with Gasteiger partial charge in [0.25, 0.3) is 11.6 Å². The molecule has 126 valence electrons. The van der Waals surface area contributed by atoms with Crippen molar-refractivity contribution in [2.75, 3.05) is 7.11 Å². The number of hydrogen-bond donors (Lipinski definition) is 0. The summed E-state index contributed by atoms with van der Waals surface area (Å²) in [5.41, 5.74) is 1.82. The minimum atomic E-state index is -0.813. The van der Waals surface area contributed by atoms with Gasteiger partial charge in [0, 0.05) is 17.5 Å². The van der Waals surface area contributed by atoms with E-state index in [1.54, 1.807) is 0 Å². The molecule has 0 bridgehead atoms. The molecule has 2 aromatic heterocycles. The van der Waals surface area contributed by atoms with Gasteiger partial charge in [-0.1, -0.05) is 11.6 Å². The largest absolute Gasteiger partial charge is 0.493 e. The molecule has 0 N–H and O–H groups in total. The van der Waals surface area contributed by atoms with Crippen LogP contribution in [0.25, 0.3) is 5.78 Å². The summed E-state index contributed by atoms with van der Waals surface area (Å²) in [6.07, 6.45) is 0. The van der Waals surface area contributed by atoms with Crippen molar-refractivity contribution >= 4 is 23.3 Å². The van der Waals surface area contributed by atoms with Crippen molar-refractivity contribution < 1.29 is 14.3 Å². The molecule has 0 amide bonds. The van der Waals surface area contributed by atoms with Gasteiger partial charge >= 0.3 is 5.97 Å². The molecular formula is C16H12ClN5O3. The number of nitriles is 1. The minimum Gasteiger partial charge on any atom is -0.493 e. The van der Waals surface area contributed by atoms with Crippen molar-refractivity contribution in [3.8, 4) is 17.6 Å². The van der Waals surface area contributed by atoms with Gasteiger partial charge in [0.2, 0.25) is 0 Å². The molecule has 1 aromatic carbocycles. The number of carbonyl (C=O) groups is 1. The molecule has 0 spiro atoms. The summed E-state index contributed by atoms with van der Waals surface area (Å²) in [6.45, 7) is 3.65. The molecular weight excluding hydrogens is 346 g/mol. The molecule has 2 heterocycles. The maximum atomic E-state index is 12.4. The van der Waals surface area contributed by atoms with Crippen molar-refractivity contribution in [1.82, 2.24) is 19.6 Å². The maximum Gasteiger partial charge on any atom is 0.383 e. The van der Waals surface area contributed by atoms with E-state index in [4.69, 9.17) is 26.3 Å². The van der Waals surface area contributed by atoms with Crippen LogP contribution < -0.4 is 9.47 Å². The van der Waals surface area contributed by atoms with Crippen molar-refractivity contribution in [1.29, 1.82) is 5.26 Å². The fraction of sp³-hybridized carbons (Fsp3) is 0.188. The van der Waals surface area contributed by atoms with Crippen LogP contribution in [0.2, 0.25) is 5.02 Å². The zero-order valence-corrected chi connectivity index (χ0v) is 14.3. The number of nitrogens with zero attached hydrogens (tertiary/aromatic N) is 5. The van der Waals surface area contributed by atoms with Gasteiger partial charge in [-0.15, -0.1) is 5.10 Å². The summed E-state index contributed by atoms with van der Waals surface area (Å²) in [5, 5.41) is 13.1. The number of rotatable bonds is 3. The first kappa shape index (κ1) is 16.7. The molecule has 0 radical (unpaired) electrons. The van der Waals surface area contributed by atoms with Gasteiger partial charge < -0.3 is 9.47 Å². The van der Waals surface area contributed by atoms with Crippen LogP contribution in [-0.4, -0.2) is 32.7 Å². The molecule has 0 unspecified atom stereocenters. The molecule has 0 aliphatic rings. The number of halogens is 1. The number of methoxy groups -OCH3 is 1. The molecule has 0 aliphatic heterocycles. The molecule has 0 saturated carbocycles. The summed E-state index contributed by atoms with van der Waals surface area (Å²) in [5.74, 6) is -0.530. The third-order valence-corrected chi connectivity index (χ3v) is 3.63. The van der Waals surface area contributed by atoms with Crippen molar-refractivity contribution in [2.24, 2.45) is 0 Å². The zero-order chi connectivity index (χ0) is 18.1. The highest BCUT2D eigenvalue weighted by atomic mass is 35.5. The van der Waals surface area contributed by atoms with E-state index in [1.807, 2.05) is 26.0 Å². The molecule has 0 saturated heterocycles. The number of fused-ring (bicyclic) bond motifs is 1. The van der Waals surface area contributed by atoms with Gasteiger partial charge in [0.1, 0.15) is 0 Å². The monoisotopic (exact) mass is 357 g/mol. The van der Waals surface area contributed by atoms with Crippen LogP contribution >= 0.6 is 11.6 Å². The average molecular weight is 358 g/mol. The predicted octanol–water partition coefficient (Wildman–Crippen LogP) is 2.49. The number of aryl methyl sites for hydroxylation is 2. The molecule has 8 nitrogen and oxygen atoms in total. The van der Waals surface area contributed by atoms with Gasteiger partial charge in [-0.25, -0.2) is 14.3 Å². The lowest BCUT2D eigenvalue weighted by molar-refractivity contribution is 0.0717. The normalized spacial score (nSPS) is 10.5. The Hall–Kier alpha value is -3.18. The number of esters is 1. The standard InChI is InChI=1S/C16H12ClN5O3/c1-8-4-9(2)22-16(19-8)20-14(21-22)15(23)25-13-11(17)5-10(7-18)6-12(13)24-3/h4-6H,1-3H3. The number of benzene rings is 1. The van der Waals surface area contributed by atoms with Crippen LogP contribution in [0.3, 0.4) is 0 Å². The highest BCUT2D eigenvalue weighted by molar-refractivity contribution is 6.32. The molecule has 25 heavy (non-hydrogen) atoms.